The minimum Gasteiger partial charge on any atom is -0.475 e. The standard InChI is InChI=1S/C6H9N3O.C2HF3O2/c7-2-5-9-4-1-3-8-6(9)10;3-2(4,5)1(6)7/h1,3-4H,2,5,7H2;(H,6,7). The highest BCUT2D eigenvalue weighted by molar-refractivity contribution is 5.73. The van der Waals surface area contributed by atoms with Crippen LogP contribution in [-0.4, -0.2) is 33.3 Å². The van der Waals surface area contributed by atoms with E-state index < -0.39 is 12.1 Å². The van der Waals surface area contributed by atoms with E-state index in [1.807, 2.05) is 0 Å². The van der Waals surface area contributed by atoms with Crippen LogP contribution in [0.5, 0.6) is 0 Å². The van der Waals surface area contributed by atoms with Crippen molar-refractivity contribution in [2.24, 2.45) is 5.73 Å². The van der Waals surface area contributed by atoms with Crippen LogP contribution in [0.1, 0.15) is 0 Å². The Bertz CT molecular complexity index is 416. The Balaban J connectivity index is 0.000000325. The molecule has 0 aromatic carbocycles. The Kier molecular flexibility index (Phi) is 5.89. The van der Waals surface area contributed by atoms with Crippen molar-refractivity contribution < 1.29 is 23.1 Å². The van der Waals surface area contributed by atoms with Crippen molar-refractivity contribution in [3.05, 3.63) is 28.9 Å². The van der Waals surface area contributed by atoms with Gasteiger partial charge in [0.2, 0.25) is 0 Å². The van der Waals surface area contributed by atoms with E-state index in [4.69, 9.17) is 15.6 Å². The number of carbonyl (C=O) groups is 1. The van der Waals surface area contributed by atoms with Gasteiger partial charge in [-0.3, -0.25) is 4.57 Å². The van der Waals surface area contributed by atoms with Gasteiger partial charge in [0.25, 0.3) is 0 Å². The molecular formula is C8H10F3N3O3. The van der Waals surface area contributed by atoms with E-state index in [0.717, 1.165) is 0 Å². The summed E-state index contributed by atoms with van der Waals surface area (Å²) in [5.41, 5.74) is 5.00. The molecule has 17 heavy (non-hydrogen) atoms. The average Bonchev–Trinajstić information content (AvgIpc) is 2.21. The van der Waals surface area contributed by atoms with Gasteiger partial charge in [0.1, 0.15) is 0 Å². The highest BCUT2D eigenvalue weighted by Gasteiger charge is 2.38. The second kappa shape index (κ2) is 6.63. The predicted molar refractivity (Wildman–Crippen MR) is 51.2 cm³/mol. The van der Waals surface area contributed by atoms with Gasteiger partial charge in [0, 0.05) is 25.5 Å². The van der Waals surface area contributed by atoms with Gasteiger partial charge in [-0.05, 0) is 6.07 Å². The molecule has 0 saturated heterocycles. The summed E-state index contributed by atoms with van der Waals surface area (Å²) in [6, 6.07) is 1.71. The number of alkyl halides is 3. The summed E-state index contributed by atoms with van der Waals surface area (Å²) >= 11 is 0. The Morgan fingerprint density at radius 3 is 2.41 bits per heavy atom. The second-order valence-corrected chi connectivity index (χ2v) is 2.69. The molecule has 96 valence electrons. The fraction of sp³-hybridized carbons (Fsp3) is 0.375. The maximum Gasteiger partial charge on any atom is 0.490 e. The minimum absolute atomic E-state index is 0.243. The number of aliphatic carboxylic acids is 1. The molecule has 0 radical (unpaired) electrons. The zero-order chi connectivity index (χ0) is 13.5. The molecule has 6 nitrogen and oxygen atoms in total. The normalized spacial score (nSPS) is 10.4. The Labute approximate surface area is 93.5 Å². The van der Waals surface area contributed by atoms with Gasteiger partial charge >= 0.3 is 17.8 Å². The van der Waals surface area contributed by atoms with Gasteiger partial charge < -0.3 is 10.8 Å². The summed E-state index contributed by atoms with van der Waals surface area (Å²) in [5.74, 6) is -2.76. The van der Waals surface area contributed by atoms with E-state index in [0.29, 0.717) is 13.1 Å². The highest BCUT2D eigenvalue weighted by atomic mass is 19.4. The molecule has 1 heterocycles. The summed E-state index contributed by atoms with van der Waals surface area (Å²) in [4.78, 5) is 23.3. The van der Waals surface area contributed by atoms with Gasteiger partial charge in [-0.2, -0.15) is 13.2 Å². The van der Waals surface area contributed by atoms with Crippen molar-refractivity contribution in [3.63, 3.8) is 0 Å². The average molecular weight is 253 g/mol. The van der Waals surface area contributed by atoms with Crippen LogP contribution in [0.4, 0.5) is 13.2 Å². The van der Waals surface area contributed by atoms with Crippen molar-refractivity contribution in [3.8, 4) is 0 Å². The van der Waals surface area contributed by atoms with Crippen LogP contribution in [0.3, 0.4) is 0 Å². The van der Waals surface area contributed by atoms with E-state index in [9.17, 15) is 18.0 Å². The molecule has 0 aliphatic carbocycles. The number of carboxylic acid groups (broad SMARTS) is 1. The molecule has 0 saturated carbocycles. The SMILES string of the molecule is NCCn1cccnc1=O.O=C(O)C(F)(F)F. The number of aromatic nitrogens is 2. The van der Waals surface area contributed by atoms with E-state index in [2.05, 4.69) is 4.98 Å². The summed E-state index contributed by atoms with van der Waals surface area (Å²) in [7, 11) is 0. The lowest BCUT2D eigenvalue weighted by atomic mass is 10.6. The quantitative estimate of drug-likeness (QED) is 0.762. The van der Waals surface area contributed by atoms with Crippen LogP contribution in [0, 0.1) is 0 Å². The van der Waals surface area contributed by atoms with Gasteiger partial charge in [-0.1, -0.05) is 0 Å². The van der Waals surface area contributed by atoms with Crippen LogP contribution < -0.4 is 11.4 Å². The van der Waals surface area contributed by atoms with Crippen molar-refractivity contribution in [1.82, 2.24) is 9.55 Å². The molecular weight excluding hydrogens is 243 g/mol. The van der Waals surface area contributed by atoms with Crippen LogP contribution in [0.15, 0.2) is 23.3 Å². The van der Waals surface area contributed by atoms with E-state index in [1.165, 1.54) is 10.8 Å². The van der Waals surface area contributed by atoms with E-state index in [-0.39, 0.29) is 5.69 Å². The molecule has 1 rings (SSSR count). The number of hydrogen-bond acceptors (Lipinski definition) is 4. The Hall–Kier alpha value is -1.90. The lowest BCUT2D eigenvalue weighted by molar-refractivity contribution is -0.192. The lowest BCUT2D eigenvalue weighted by Gasteiger charge is -1.98. The summed E-state index contributed by atoms with van der Waals surface area (Å²) in [5, 5.41) is 7.12. The third-order valence-corrected chi connectivity index (χ3v) is 1.40. The molecule has 0 spiro atoms. The first-order valence-electron chi connectivity index (χ1n) is 4.30. The summed E-state index contributed by atoms with van der Waals surface area (Å²) < 4.78 is 33.2. The smallest absolute Gasteiger partial charge is 0.475 e. The summed E-state index contributed by atoms with van der Waals surface area (Å²) in [6.07, 6.45) is -1.95. The monoisotopic (exact) mass is 253 g/mol. The van der Waals surface area contributed by atoms with Crippen molar-refractivity contribution in [2.75, 3.05) is 6.54 Å². The van der Waals surface area contributed by atoms with Crippen LogP contribution in [0.2, 0.25) is 0 Å². The van der Waals surface area contributed by atoms with Crippen molar-refractivity contribution >= 4 is 5.97 Å². The molecule has 0 unspecified atom stereocenters. The first kappa shape index (κ1) is 15.1. The Morgan fingerprint density at radius 1 is 1.53 bits per heavy atom. The molecule has 0 fully saturated rings. The zero-order valence-electron chi connectivity index (χ0n) is 8.52. The Morgan fingerprint density at radius 2 is 2.06 bits per heavy atom. The number of nitrogens with zero attached hydrogens (tertiary/aromatic N) is 2. The highest BCUT2D eigenvalue weighted by Crippen LogP contribution is 2.13. The number of hydrogen-bond donors (Lipinski definition) is 2. The molecule has 0 bridgehead atoms. The minimum atomic E-state index is -5.08. The maximum atomic E-state index is 10.8. The third-order valence-electron chi connectivity index (χ3n) is 1.40. The molecule has 1 aromatic rings. The van der Waals surface area contributed by atoms with Gasteiger partial charge in [0.15, 0.2) is 0 Å². The largest absolute Gasteiger partial charge is 0.490 e. The number of halogens is 3. The fourth-order valence-corrected chi connectivity index (χ4v) is 0.696. The molecule has 0 amide bonds. The van der Waals surface area contributed by atoms with Crippen LogP contribution >= 0.6 is 0 Å². The van der Waals surface area contributed by atoms with Gasteiger partial charge in [-0.15, -0.1) is 0 Å². The van der Waals surface area contributed by atoms with Crippen LogP contribution in [0.25, 0.3) is 0 Å². The summed E-state index contributed by atoms with van der Waals surface area (Å²) in [6.45, 7) is 0.998. The predicted octanol–water partition coefficient (Wildman–Crippen LogP) is -0.165. The molecule has 0 atom stereocenters. The molecule has 0 aliphatic heterocycles. The fourth-order valence-electron chi connectivity index (χ4n) is 0.696. The topological polar surface area (TPSA) is 98.2 Å². The van der Waals surface area contributed by atoms with Crippen molar-refractivity contribution in [2.45, 2.75) is 12.7 Å². The van der Waals surface area contributed by atoms with Gasteiger partial charge in [0.05, 0.1) is 0 Å². The second-order valence-electron chi connectivity index (χ2n) is 2.69. The first-order chi connectivity index (χ1) is 7.79. The van der Waals surface area contributed by atoms with Gasteiger partial charge in [-0.25, -0.2) is 14.6 Å². The molecule has 0 aliphatic rings. The van der Waals surface area contributed by atoms with E-state index >= 15 is 0 Å². The zero-order valence-corrected chi connectivity index (χ0v) is 8.52. The lowest BCUT2D eigenvalue weighted by Crippen LogP contribution is -2.24. The number of nitrogens with two attached hydrogens (primary N) is 1. The van der Waals surface area contributed by atoms with Crippen LogP contribution in [-0.2, 0) is 11.3 Å². The molecule has 1 aromatic heterocycles. The third kappa shape index (κ3) is 6.30. The first-order valence-corrected chi connectivity index (χ1v) is 4.30. The van der Waals surface area contributed by atoms with Crippen molar-refractivity contribution in [1.29, 1.82) is 0 Å². The number of carboxylic acids is 1. The maximum absolute atomic E-state index is 10.8. The number of rotatable bonds is 2. The van der Waals surface area contributed by atoms with E-state index in [1.54, 1.807) is 12.3 Å². The molecule has 3 N–H and O–H groups in total. The molecule has 9 heteroatoms.